The number of thioether (sulfide) groups is 2. The van der Waals surface area contributed by atoms with Crippen LogP contribution >= 0.6 is 23.5 Å². The number of amides is 2. The van der Waals surface area contributed by atoms with Crippen molar-refractivity contribution in [3.63, 3.8) is 0 Å². The molecule has 3 rings (SSSR count). The minimum Gasteiger partial charge on any atom is -0.364 e. The third-order valence-corrected chi connectivity index (χ3v) is 4.78. The average molecular weight is 511 g/mol. The second-order valence-corrected chi connectivity index (χ2v) is 7.75. The number of aliphatic imine (C=N–C) groups is 1. The number of carbonyl (C=O) groups excluding carboxylic acids is 3. The van der Waals surface area contributed by atoms with Gasteiger partial charge in [-0.05, 0) is 12.5 Å². The van der Waals surface area contributed by atoms with Gasteiger partial charge >= 0.3 is 5.69 Å². The molecule has 0 aromatic carbocycles. The molecule has 0 aliphatic carbocycles. The Balaban J connectivity index is 0.000000289. The van der Waals surface area contributed by atoms with E-state index >= 15 is 0 Å². The lowest BCUT2D eigenvalue weighted by Crippen LogP contribution is -2.30. The van der Waals surface area contributed by atoms with Crippen LogP contribution in [0.2, 0.25) is 0 Å². The number of nitrogens with zero attached hydrogens (tertiary/aromatic N) is 8. The van der Waals surface area contributed by atoms with Crippen LogP contribution in [0.15, 0.2) is 27.6 Å². The Morgan fingerprint density at radius 1 is 1.21 bits per heavy atom. The van der Waals surface area contributed by atoms with E-state index in [1.54, 1.807) is 23.5 Å². The molecule has 2 amide bonds. The number of H-pyrrole nitrogens is 1. The molecular formula is C16H22N12O4S2. The van der Waals surface area contributed by atoms with Crippen molar-refractivity contribution < 1.29 is 14.4 Å². The molecule has 3 aromatic heterocycles. The second-order valence-electron chi connectivity index (χ2n) is 5.78. The molecule has 16 nitrogen and oxygen atoms in total. The topological polar surface area (TPSA) is 246 Å². The number of aromatic amines is 1. The molecule has 0 spiro atoms. The van der Waals surface area contributed by atoms with Crippen LogP contribution in [0.25, 0.3) is 5.65 Å². The lowest BCUT2D eigenvalue weighted by Gasteiger charge is -2.01. The highest BCUT2D eigenvalue weighted by molar-refractivity contribution is 7.98. The number of isocyanates is 1. The van der Waals surface area contributed by atoms with Gasteiger partial charge in [0.05, 0.1) is 19.4 Å². The molecule has 6 N–H and O–H groups in total. The normalized spacial score (nSPS) is 9.71. The number of nitrogens with one attached hydrogen (secondary N) is 2. The number of nitrogens with two attached hydrogens (primary N) is 2. The van der Waals surface area contributed by atoms with Gasteiger partial charge in [-0.15, -0.1) is 10.2 Å². The predicted molar refractivity (Wildman–Crippen MR) is 125 cm³/mol. The van der Waals surface area contributed by atoms with Crippen molar-refractivity contribution in [1.29, 1.82) is 5.53 Å². The quantitative estimate of drug-likeness (QED) is 0.125. The fraction of sp³-hybridized carbons (Fsp3) is 0.375. The number of rotatable bonds is 9. The molecule has 3 aromatic rings. The molecule has 0 saturated heterocycles. The molecule has 18 heteroatoms. The van der Waals surface area contributed by atoms with Crippen molar-refractivity contribution in [2.24, 2.45) is 21.6 Å². The molecular weight excluding hydrogens is 488 g/mol. The molecule has 0 aliphatic rings. The third-order valence-electron chi connectivity index (χ3n) is 3.60. The van der Waals surface area contributed by atoms with E-state index in [0.29, 0.717) is 13.1 Å². The minimum atomic E-state index is -0.733. The molecule has 3 heterocycles. The molecule has 0 atom stereocenters. The zero-order valence-corrected chi connectivity index (χ0v) is 19.8. The van der Waals surface area contributed by atoms with Gasteiger partial charge in [0.15, 0.2) is 17.0 Å². The molecule has 182 valence electrons. The van der Waals surface area contributed by atoms with Gasteiger partial charge < -0.3 is 16.5 Å². The summed E-state index contributed by atoms with van der Waals surface area (Å²) < 4.78 is 2.38. The summed E-state index contributed by atoms with van der Waals surface area (Å²) in [6.45, 7) is 1.05. The Morgan fingerprint density at radius 3 is 2.44 bits per heavy atom. The van der Waals surface area contributed by atoms with E-state index in [1.165, 1.54) is 23.4 Å². The van der Waals surface area contributed by atoms with Crippen molar-refractivity contribution in [3.8, 4) is 0 Å². The van der Waals surface area contributed by atoms with Gasteiger partial charge in [-0.2, -0.15) is 28.2 Å². The van der Waals surface area contributed by atoms with Gasteiger partial charge in [-0.25, -0.2) is 34.5 Å². The largest absolute Gasteiger partial charge is 0.364 e. The van der Waals surface area contributed by atoms with E-state index in [9.17, 15) is 19.2 Å². The van der Waals surface area contributed by atoms with Gasteiger partial charge in [0.1, 0.15) is 6.33 Å². The molecule has 0 aliphatic heterocycles. The standard InChI is InChI=1S/C8H10N6O2S.C4H5N5O.C4H7NOS/c1-17-3-2-14-8(16)13-4-10-5(6(9)15)7(13)11-12-14;5-3(10)2-4(9-6)8-1-7-2;1-7-3-2-5-4-6/h4H,2-3H2,1H3,(H2,9,15);1,6H,(H2,5,10)(H,7,8);2-3H2,1H3. The lowest BCUT2D eigenvalue weighted by molar-refractivity contribution is 0.0988. The first-order chi connectivity index (χ1) is 16.3. The number of primary amides is 2. The molecule has 34 heavy (non-hydrogen) atoms. The first kappa shape index (κ1) is 28.1. The Bertz CT molecular complexity index is 1210. The second kappa shape index (κ2) is 15.0. The number of aromatic nitrogens is 7. The van der Waals surface area contributed by atoms with Gasteiger partial charge in [0, 0.05) is 11.5 Å². The summed E-state index contributed by atoms with van der Waals surface area (Å²) in [5.41, 5.74) is 16.2. The third kappa shape index (κ3) is 8.23. The molecule has 0 fully saturated rings. The van der Waals surface area contributed by atoms with E-state index in [-0.39, 0.29) is 28.5 Å². The highest BCUT2D eigenvalue weighted by atomic mass is 32.2. The van der Waals surface area contributed by atoms with E-state index < -0.39 is 11.8 Å². The monoisotopic (exact) mass is 510 g/mol. The Labute approximate surface area is 200 Å². The zero-order valence-electron chi connectivity index (χ0n) is 18.2. The van der Waals surface area contributed by atoms with E-state index in [0.717, 1.165) is 15.9 Å². The highest BCUT2D eigenvalue weighted by Gasteiger charge is 2.14. The summed E-state index contributed by atoms with van der Waals surface area (Å²) in [4.78, 5) is 55.8. The highest BCUT2D eigenvalue weighted by Crippen LogP contribution is 2.10. The molecule has 0 unspecified atom stereocenters. The molecule has 0 saturated carbocycles. The van der Waals surface area contributed by atoms with Crippen LogP contribution in [-0.2, 0) is 11.3 Å². The maximum Gasteiger partial charge on any atom is 0.352 e. The summed E-state index contributed by atoms with van der Waals surface area (Å²) in [5, 5.41) is 10.5. The van der Waals surface area contributed by atoms with Crippen molar-refractivity contribution in [1.82, 2.24) is 34.3 Å². The average Bonchev–Trinajstić information content (AvgIpc) is 3.47. The van der Waals surface area contributed by atoms with E-state index in [4.69, 9.17) is 17.0 Å². The van der Waals surface area contributed by atoms with Crippen molar-refractivity contribution in [3.05, 3.63) is 34.5 Å². The summed E-state index contributed by atoms with van der Waals surface area (Å²) in [6, 6.07) is 0. The Kier molecular flexibility index (Phi) is 12.4. The number of fused-ring (bicyclic) bond motifs is 1. The van der Waals surface area contributed by atoms with Crippen molar-refractivity contribution >= 4 is 52.9 Å². The molecule has 0 radical (unpaired) electrons. The predicted octanol–water partition coefficient (Wildman–Crippen LogP) is -0.396. The number of carbonyl (C=O) groups is 2. The maximum absolute atomic E-state index is 11.9. The smallest absolute Gasteiger partial charge is 0.352 e. The van der Waals surface area contributed by atoms with Crippen molar-refractivity contribution in [2.75, 3.05) is 30.6 Å². The number of hydrogen-bond donors (Lipinski definition) is 4. The number of aryl methyl sites for hydroxylation is 1. The van der Waals surface area contributed by atoms with E-state index in [1.807, 2.05) is 12.5 Å². The van der Waals surface area contributed by atoms with Crippen LogP contribution in [0.3, 0.4) is 0 Å². The summed E-state index contributed by atoms with van der Waals surface area (Å²) in [6.07, 6.45) is 7.85. The fourth-order valence-electron chi connectivity index (χ4n) is 2.06. The van der Waals surface area contributed by atoms with Crippen LogP contribution in [0, 0.1) is 5.53 Å². The lowest BCUT2D eigenvalue weighted by atomic mass is 10.4. The summed E-state index contributed by atoms with van der Waals surface area (Å²) in [7, 11) is 0. The van der Waals surface area contributed by atoms with Crippen LogP contribution < -0.4 is 17.2 Å². The molecule has 0 bridgehead atoms. The number of hydrogen-bond acceptors (Lipinski definition) is 13. The first-order valence-corrected chi connectivity index (χ1v) is 11.9. The minimum absolute atomic E-state index is 0.0208. The maximum atomic E-state index is 11.9. The zero-order chi connectivity index (χ0) is 25.5. The Hall–Kier alpha value is -3.89. The van der Waals surface area contributed by atoms with Crippen LogP contribution in [-0.4, -0.2) is 82.8 Å². The first-order valence-electron chi connectivity index (χ1n) is 9.15. The van der Waals surface area contributed by atoms with Crippen molar-refractivity contribution in [2.45, 2.75) is 6.54 Å². The van der Waals surface area contributed by atoms with Gasteiger partial charge in [-0.1, -0.05) is 5.21 Å². The SMILES string of the molecule is CSCCN=C=O.CSCCn1nnc2c(C(N)=O)ncn2c1=O.N=Nc1nc[nH]c1C(N)=O. The van der Waals surface area contributed by atoms with Crippen LogP contribution in [0.1, 0.15) is 21.0 Å². The van der Waals surface area contributed by atoms with E-state index in [2.05, 4.69) is 35.4 Å². The Morgan fingerprint density at radius 2 is 1.91 bits per heavy atom. The van der Waals surface area contributed by atoms with Gasteiger partial charge in [-0.3, -0.25) is 9.59 Å². The van der Waals surface area contributed by atoms with Crippen LogP contribution in [0.5, 0.6) is 0 Å². The fourth-order valence-corrected chi connectivity index (χ4v) is 2.69. The van der Waals surface area contributed by atoms with Gasteiger partial charge in [0.2, 0.25) is 11.9 Å². The summed E-state index contributed by atoms with van der Waals surface area (Å²) in [5.74, 6) is 0.284. The van der Waals surface area contributed by atoms with Gasteiger partial charge in [0.25, 0.3) is 11.8 Å². The number of imidazole rings is 2. The summed E-state index contributed by atoms with van der Waals surface area (Å²) >= 11 is 3.26. The van der Waals surface area contributed by atoms with Crippen LogP contribution in [0.4, 0.5) is 5.82 Å².